The molecule has 0 aliphatic rings. The number of hydrogen-bond acceptors (Lipinski definition) is 5. The average molecular weight is 315 g/mol. The number of halogens is 1. The van der Waals surface area contributed by atoms with Crippen LogP contribution < -0.4 is 5.73 Å². The molecule has 2 N–H and O–H groups in total. The van der Waals surface area contributed by atoms with Crippen LogP contribution in [0.3, 0.4) is 0 Å². The van der Waals surface area contributed by atoms with Crippen LogP contribution in [0.1, 0.15) is 23.7 Å². The zero-order valence-corrected chi connectivity index (χ0v) is 12.9. The molecule has 6 nitrogen and oxygen atoms in total. The summed E-state index contributed by atoms with van der Waals surface area (Å²) in [5, 5.41) is 10.8. The Bertz CT molecular complexity index is 554. The molecule has 0 heterocycles. The predicted molar refractivity (Wildman–Crippen MR) is 82.0 cm³/mol. The molecule has 0 aliphatic heterocycles. The second kappa shape index (κ2) is 7.26. The van der Waals surface area contributed by atoms with E-state index in [4.69, 9.17) is 5.73 Å². The number of nitrogens with two attached hydrogens (primary N) is 1. The summed E-state index contributed by atoms with van der Waals surface area (Å²) in [6.45, 7) is 1.91. The number of amides is 1. The standard InChI is InChI=1S/C13H18FN3O3S/c1-4-8(7-21-3)16(2)13(18)11-9(14)5-6-10(12(11)15)17(19)20/h5-6,8H,4,7,15H2,1-3H3. The molecule has 116 valence electrons. The lowest BCUT2D eigenvalue weighted by Crippen LogP contribution is -2.39. The summed E-state index contributed by atoms with van der Waals surface area (Å²) in [5.41, 5.74) is 4.27. The Balaban J connectivity index is 3.23. The minimum atomic E-state index is -0.853. The minimum absolute atomic E-state index is 0.0921. The minimum Gasteiger partial charge on any atom is -0.392 e. The Morgan fingerprint density at radius 3 is 2.67 bits per heavy atom. The molecule has 0 fully saturated rings. The Hall–Kier alpha value is -1.83. The van der Waals surface area contributed by atoms with Gasteiger partial charge in [0, 0.05) is 24.9 Å². The second-order valence-corrected chi connectivity index (χ2v) is 5.46. The lowest BCUT2D eigenvalue weighted by atomic mass is 10.1. The van der Waals surface area contributed by atoms with Gasteiger partial charge in [0.25, 0.3) is 11.6 Å². The summed E-state index contributed by atoms with van der Waals surface area (Å²) in [5.74, 6) is -0.807. The molecule has 0 aliphatic carbocycles. The van der Waals surface area contributed by atoms with Crippen LogP contribution in [0.25, 0.3) is 0 Å². The van der Waals surface area contributed by atoms with Gasteiger partial charge in [-0.1, -0.05) is 6.92 Å². The number of anilines is 1. The van der Waals surface area contributed by atoms with Gasteiger partial charge in [-0.25, -0.2) is 4.39 Å². The van der Waals surface area contributed by atoms with E-state index in [1.54, 1.807) is 18.8 Å². The summed E-state index contributed by atoms with van der Waals surface area (Å²) in [6, 6.07) is 1.76. The normalized spacial score (nSPS) is 12.0. The maximum atomic E-state index is 13.9. The fraction of sp³-hybridized carbons (Fsp3) is 0.462. The zero-order chi connectivity index (χ0) is 16.2. The number of carbonyl (C=O) groups is 1. The summed E-state index contributed by atoms with van der Waals surface area (Å²) >= 11 is 1.56. The molecule has 8 heteroatoms. The first-order valence-corrected chi connectivity index (χ1v) is 7.72. The number of thioether (sulfide) groups is 1. The van der Waals surface area contributed by atoms with Crippen molar-refractivity contribution in [3.05, 3.63) is 33.6 Å². The van der Waals surface area contributed by atoms with E-state index >= 15 is 0 Å². The molecular formula is C13H18FN3O3S. The van der Waals surface area contributed by atoms with Gasteiger partial charge in [0.1, 0.15) is 17.1 Å². The highest BCUT2D eigenvalue weighted by atomic mass is 32.2. The Labute approximate surface area is 126 Å². The van der Waals surface area contributed by atoms with Crippen molar-refractivity contribution in [1.29, 1.82) is 0 Å². The summed E-state index contributed by atoms with van der Waals surface area (Å²) < 4.78 is 13.9. The second-order valence-electron chi connectivity index (χ2n) is 4.55. The number of benzene rings is 1. The molecule has 1 amide bonds. The molecule has 0 saturated heterocycles. The average Bonchev–Trinajstić information content (AvgIpc) is 2.43. The van der Waals surface area contributed by atoms with Gasteiger partial charge >= 0.3 is 0 Å². The maximum Gasteiger partial charge on any atom is 0.293 e. The van der Waals surface area contributed by atoms with Crippen molar-refractivity contribution in [1.82, 2.24) is 4.90 Å². The fourth-order valence-electron chi connectivity index (χ4n) is 2.00. The van der Waals surface area contributed by atoms with E-state index in [0.717, 1.165) is 12.1 Å². The highest BCUT2D eigenvalue weighted by molar-refractivity contribution is 7.98. The lowest BCUT2D eigenvalue weighted by molar-refractivity contribution is -0.384. The van der Waals surface area contributed by atoms with Crippen LogP contribution in [0, 0.1) is 15.9 Å². The van der Waals surface area contributed by atoms with E-state index in [2.05, 4.69) is 0 Å². The first kappa shape index (κ1) is 17.2. The van der Waals surface area contributed by atoms with Crippen LogP contribution in [0.15, 0.2) is 12.1 Å². The van der Waals surface area contributed by atoms with E-state index in [0.29, 0.717) is 12.2 Å². The lowest BCUT2D eigenvalue weighted by Gasteiger charge is -2.27. The first-order chi connectivity index (χ1) is 9.84. The molecule has 0 saturated carbocycles. The molecule has 1 rings (SSSR count). The van der Waals surface area contributed by atoms with Gasteiger partial charge in [0.15, 0.2) is 0 Å². The molecule has 0 radical (unpaired) electrons. The van der Waals surface area contributed by atoms with Crippen molar-refractivity contribution in [2.75, 3.05) is 24.8 Å². The van der Waals surface area contributed by atoms with Crippen molar-refractivity contribution in [2.45, 2.75) is 19.4 Å². The highest BCUT2D eigenvalue weighted by Crippen LogP contribution is 2.29. The zero-order valence-electron chi connectivity index (χ0n) is 12.1. The van der Waals surface area contributed by atoms with Crippen molar-refractivity contribution in [3.63, 3.8) is 0 Å². The third kappa shape index (κ3) is 3.63. The van der Waals surface area contributed by atoms with Crippen LogP contribution in [-0.4, -0.2) is 40.8 Å². The molecule has 0 aromatic heterocycles. The number of nitrogen functional groups attached to an aromatic ring is 1. The fourth-order valence-corrected chi connectivity index (χ4v) is 2.84. The molecule has 0 bridgehead atoms. The summed E-state index contributed by atoms with van der Waals surface area (Å²) in [6.07, 6.45) is 2.60. The monoisotopic (exact) mass is 315 g/mol. The van der Waals surface area contributed by atoms with Gasteiger partial charge in [0.2, 0.25) is 0 Å². The predicted octanol–water partition coefficient (Wildman–Crippen LogP) is 2.53. The van der Waals surface area contributed by atoms with Crippen LogP contribution >= 0.6 is 11.8 Å². The molecule has 1 atom stereocenters. The third-order valence-corrected chi connectivity index (χ3v) is 4.00. The van der Waals surface area contributed by atoms with Gasteiger partial charge < -0.3 is 10.6 Å². The molecule has 1 aromatic carbocycles. The van der Waals surface area contributed by atoms with Crippen LogP contribution in [0.4, 0.5) is 15.8 Å². The Morgan fingerprint density at radius 2 is 2.19 bits per heavy atom. The van der Waals surface area contributed by atoms with Crippen molar-refractivity contribution in [3.8, 4) is 0 Å². The number of nitro groups is 1. The molecular weight excluding hydrogens is 297 g/mol. The number of nitro benzene ring substituents is 1. The molecule has 0 spiro atoms. The van der Waals surface area contributed by atoms with Gasteiger partial charge in [-0.05, 0) is 18.7 Å². The highest BCUT2D eigenvalue weighted by Gasteiger charge is 2.28. The number of nitrogens with zero attached hydrogens (tertiary/aromatic N) is 2. The Kier molecular flexibility index (Phi) is 5.95. The molecule has 21 heavy (non-hydrogen) atoms. The number of carbonyl (C=O) groups excluding carboxylic acids is 1. The van der Waals surface area contributed by atoms with E-state index in [-0.39, 0.29) is 6.04 Å². The maximum absolute atomic E-state index is 13.9. The van der Waals surface area contributed by atoms with Gasteiger partial charge in [0.05, 0.1) is 4.92 Å². The molecule has 1 aromatic rings. The van der Waals surface area contributed by atoms with Crippen LogP contribution in [0.5, 0.6) is 0 Å². The smallest absolute Gasteiger partial charge is 0.293 e. The van der Waals surface area contributed by atoms with E-state index in [9.17, 15) is 19.3 Å². The topological polar surface area (TPSA) is 89.5 Å². The van der Waals surface area contributed by atoms with Crippen molar-refractivity contribution in [2.24, 2.45) is 0 Å². The first-order valence-electron chi connectivity index (χ1n) is 6.33. The SMILES string of the molecule is CCC(CSC)N(C)C(=O)c1c(F)ccc([N+](=O)[O-])c1N. The van der Waals surface area contributed by atoms with Gasteiger partial charge in [-0.3, -0.25) is 14.9 Å². The van der Waals surface area contributed by atoms with Crippen LogP contribution in [0.2, 0.25) is 0 Å². The van der Waals surface area contributed by atoms with E-state index < -0.39 is 33.6 Å². The van der Waals surface area contributed by atoms with Gasteiger partial charge in [-0.15, -0.1) is 0 Å². The number of hydrogen-bond donors (Lipinski definition) is 1. The van der Waals surface area contributed by atoms with E-state index in [1.807, 2.05) is 13.2 Å². The quantitative estimate of drug-likeness (QED) is 0.495. The summed E-state index contributed by atoms with van der Waals surface area (Å²) in [4.78, 5) is 23.9. The number of rotatable bonds is 6. The molecule has 1 unspecified atom stereocenters. The largest absolute Gasteiger partial charge is 0.392 e. The summed E-state index contributed by atoms with van der Waals surface area (Å²) in [7, 11) is 1.55. The Morgan fingerprint density at radius 1 is 1.57 bits per heavy atom. The van der Waals surface area contributed by atoms with Gasteiger partial charge in [-0.2, -0.15) is 11.8 Å². The third-order valence-electron chi connectivity index (χ3n) is 3.28. The van der Waals surface area contributed by atoms with E-state index in [1.165, 1.54) is 4.90 Å². The van der Waals surface area contributed by atoms with Crippen molar-refractivity contribution < 1.29 is 14.1 Å². The van der Waals surface area contributed by atoms with Crippen molar-refractivity contribution >= 4 is 29.0 Å². The van der Waals surface area contributed by atoms with Crippen LogP contribution in [-0.2, 0) is 0 Å².